The van der Waals surface area contributed by atoms with Crippen LogP contribution >= 0.6 is 38.5 Å². The molecule has 0 amide bonds. The molecule has 1 aliphatic rings. The SMILES string of the molecule is Brc1ccccc1.C.Ic1ccccc1.c1ccc(-n2c3ccccc3c3cc4c(cc32)c2ccccc2n4-c2ccccc2)cc1.c1ccc2c(c1)Cc1cc3c(cc1-2)[nH]c1ccccc13. The largest absolute Gasteiger partial charge is 0.354 e. The quantitative estimate of drug-likeness (QED) is 0.167. The fraction of sp³-hybridized carbons (Fsp3) is 0.0323. The van der Waals surface area contributed by atoms with E-state index in [1.165, 1.54) is 103 Å². The number of nitrogens with one attached hydrogen (secondary N) is 1. The molecule has 0 radical (unpaired) electrons. The fourth-order valence-electron chi connectivity index (χ4n) is 9.45. The molecule has 324 valence electrons. The van der Waals surface area contributed by atoms with Crippen molar-refractivity contribution < 1.29 is 0 Å². The monoisotopic (exact) mass is 1040 g/mol. The van der Waals surface area contributed by atoms with Gasteiger partial charge in [0.2, 0.25) is 0 Å². The van der Waals surface area contributed by atoms with Gasteiger partial charge in [-0.05, 0) is 142 Å². The molecule has 13 aromatic rings. The third kappa shape index (κ3) is 8.57. The Morgan fingerprint density at radius 1 is 0.358 bits per heavy atom. The van der Waals surface area contributed by atoms with Crippen LogP contribution in [-0.2, 0) is 6.42 Å². The van der Waals surface area contributed by atoms with Crippen molar-refractivity contribution in [2.45, 2.75) is 13.8 Å². The van der Waals surface area contributed by atoms with Crippen LogP contribution < -0.4 is 0 Å². The summed E-state index contributed by atoms with van der Waals surface area (Å²) >= 11 is 5.59. The van der Waals surface area contributed by atoms with Gasteiger partial charge in [-0.3, -0.25) is 0 Å². The van der Waals surface area contributed by atoms with Crippen molar-refractivity contribution in [3.8, 4) is 22.5 Å². The number of aromatic nitrogens is 3. The number of hydrogen-bond donors (Lipinski definition) is 1. The molecule has 5 heteroatoms. The van der Waals surface area contributed by atoms with Gasteiger partial charge in [-0.15, -0.1) is 0 Å². The first-order valence-corrected chi connectivity index (χ1v) is 24.1. The molecule has 3 aromatic heterocycles. The molecule has 0 saturated heterocycles. The first kappa shape index (κ1) is 43.7. The molecular formula is C62H47BrIN3. The predicted octanol–water partition coefficient (Wildman–Crippen LogP) is 18.1. The van der Waals surface area contributed by atoms with Crippen LogP contribution in [0, 0.1) is 3.57 Å². The van der Waals surface area contributed by atoms with Gasteiger partial charge in [-0.25, -0.2) is 0 Å². The Bertz CT molecular complexity index is 3630. The third-order valence-electron chi connectivity index (χ3n) is 12.4. The van der Waals surface area contributed by atoms with E-state index in [0.29, 0.717) is 0 Å². The van der Waals surface area contributed by atoms with Gasteiger partial charge in [-0.1, -0.05) is 175 Å². The van der Waals surface area contributed by atoms with Gasteiger partial charge in [0.15, 0.2) is 0 Å². The summed E-state index contributed by atoms with van der Waals surface area (Å²) in [5, 5.41) is 7.76. The number of benzene rings is 10. The molecule has 1 aliphatic carbocycles. The highest BCUT2D eigenvalue weighted by atomic mass is 127. The number of fused-ring (bicyclic) bond motifs is 12. The minimum atomic E-state index is 0. The van der Waals surface area contributed by atoms with E-state index >= 15 is 0 Å². The minimum Gasteiger partial charge on any atom is -0.354 e. The fourth-order valence-corrected chi connectivity index (χ4v) is 10.2. The topological polar surface area (TPSA) is 25.6 Å². The molecule has 3 nitrogen and oxygen atoms in total. The van der Waals surface area contributed by atoms with Gasteiger partial charge in [0.05, 0.1) is 22.1 Å². The Hall–Kier alpha value is -7.19. The van der Waals surface area contributed by atoms with Gasteiger partial charge >= 0.3 is 0 Å². The predicted molar refractivity (Wildman–Crippen MR) is 299 cm³/mol. The lowest BCUT2D eigenvalue weighted by Gasteiger charge is -2.09. The van der Waals surface area contributed by atoms with E-state index in [-0.39, 0.29) is 7.43 Å². The van der Waals surface area contributed by atoms with E-state index in [4.69, 9.17) is 0 Å². The zero-order valence-electron chi connectivity index (χ0n) is 36.0. The normalized spacial score (nSPS) is 11.3. The molecule has 0 unspecified atom stereocenters. The van der Waals surface area contributed by atoms with Crippen molar-refractivity contribution in [3.05, 3.63) is 262 Å². The molecule has 14 rings (SSSR count). The summed E-state index contributed by atoms with van der Waals surface area (Å²) in [6.45, 7) is 0. The van der Waals surface area contributed by atoms with Crippen molar-refractivity contribution in [1.29, 1.82) is 0 Å². The van der Waals surface area contributed by atoms with Crippen molar-refractivity contribution in [3.63, 3.8) is 0 Å². The van der Waals surface area contributed by atoms with Crippen LogP contribution in [0.5, 0.6) is 0 Å². The summed E-state index contributed by atoms with van der Waals surface area (Å²) in [5.74, 6) is 0. The van der Waals surface area contributed by atoms with Crippen LogP contribution in [0.15, 0.2) is 247 Å². The maximum absolute atomic E-state index is 3.54. The van der Waals surface area contributed by atoms with Gasteiger partial charge in [0.1, 0.15) is 0 Å². The molecule has 0 saturated carbocycles. The number of para-hydroxylation sites is 5. The summed E-state index contributed by atoms with van der Waals surface area (Å²) in [6, 6.07) is 85.6. The molecule has 10 aromatic carbocycles. The summed E-state index contributed by atoms with van der Waals surface area (Å²) in [6.07, 6.45) is 1.06. The first-order valence-electron chi connectivity index (χ1n) is 22.2. The Kier molecular flexibility index (Phi) is 12.6. The summed E-state index contributed by atoms with van der Waals surface area (Å²) in [5.41, 5.74) is 15.4. The standard InChI is InChI=1S/C30H20N2.C19H13N.C6H5Br.C6H5I.CH4/c1-3-11-21(12-4-1)31-27-17-9-7-15-23(27)25-20-30-26(19-29(25)31)24-16-8-10-18-28(24)32(30)22-13-5-2-6-14-22;1-2-6-14-12(5-1)9-13-10-17-15-7-3-4-8-18(15)20-19(17)11-16(13)14;2*7-6-4-2-1-3-5-6;/h1-20H;1-8,10-11,20H,9H2;2*1-5H;1H4. The highest BCUT2D eigenvalue weighted by molar-refractivity contribution is 14.1. The van der Waals surface area contributed by atoms with Crippen molar-refractivity contribution >= 4 is 104 Å². The van der Waals surface area contributed by atoms with Gasteiger partial charge in [0.25, 0.3) is 0 Å². The minimum absolute atomic E-state index is 0. The van der Waals surface area contributed by atoms with E-state index < -0.39 is 0 Å². The van der Waals surface area contributed by atoms with Crippen molar-refractivity contribution in [1.82, 2.24) is 14.1 Å². The third-order valence-corrected chi connectivity index (χ3v) is 13.6. The maximum atomic E-state index is 3.54. The van der Waals surface area contributed by atoms with Crippen LogP contribution in [-0.4, -0.2) is 14.1 Å². The van der Waals surface area contributed by atoms with Crippen LogP contribution in [0.1, 0.15) is 18.6 Å². The molecule has 0 bridgehead atoms. The van der Waals surface area contributed by atoms with E-state index in [0.717, 1.165) is 10.9 Å². The molecule has 0 fully saturated rings. The zero-order chi connectivity index (χ0) is 44.4. The van der Waals surface area contributed by atoms with Crippen molar-refractivity contribution in [2.24, 2.45) is 0 Å². The molecule has 0 spiro atoms. The summed E-state index contributed by atoms with van der Waals surface area (Å²) in [4.78, 5) is 3.54. The number of aromatic amines is 1. The highest BCUT2D eigenvalue weighted by Gasteiger charge is 2.20. The van der Waals surface area contributed by atoms with Crippen molar-refractivity contribution in [2.75, 3.05) is 0 Å². The van der Waals surface area contributed by atoms with Gasteiger partial charge in [-0.2, -0.15) is 0 Å². The Morgan fingerprint density at radius 2 is 0.821 bits per heavy atom. The summed E-state index contributed by atoms with van der Waals surface area (Å²) in [7, 11) is 0. The molecule has 1 N–H and O–H groups in total. The van der Waals surface area contributed by atoms with E-state index in [1.807, 2.05) is 48.5 Å². The van der Waals surface area contributed by atoms with E-state index in [9.17, 15) is 0 Å². The molecule has 3 heterocycles. The summed E-state index contributed by atoms with van der Waals surface area (Å²) < 4.78 is 7.20. The number of rotatable bonds is 2. The van der Waals surface area contributed by atoms with Crippen LogP contribution in [0.4, 0.5) is 0 Å². The van der Waals surface area contributed by atoms with E-state index in [1.54, 1.807) is 0 Å². The maximum Gasteiger partial charge on any atom is 0.0548 e. The van der Waals surface area contributed by atoms with Gasteiger partial charge in [0, 0.05) is 62.8 Å². The highest BCUT2D eigenvalue weighted by Crippen LogP contribution is 2.41. The second kappa shape index (κ2) is 19.3. The lowest BCUT2D eigenvalue weighted by molar-refractivity contribution is 1.17. The number of nitrogens with zero attached hydrogens (tertiary/aromatic N) is 2. The second-order valence-electron chi connectivity index (χ2n) is 16.4. The average Bonchev–Trinajstić information content (AvgIpc) is 4.11. The number of halogens is 2. The number of hydrogen-bond acceptors (Lipinski definition) is 0. The smallest absolute Gasteiger partial charge is 0.0548 e. The molecule has 67 heavy (non-hydrogen) atoms. The van der Waals surface area contributed by atoms with Crippen LogP contribution in [0.3, 0.4) is 0 Å². The first-order chi connectivity index (χ1) is 32.6. The second-order valence-corrected chi connectivity index (χ2v) is 18.6. The van der Waals surface area contributed by atoms with E-state index in [2.05, 4.69) is 247 Å². The molecule has 0 aliphatic heterocycles. The lowest BCUT2D eigenvalue weighted by atomic mass is 10.0. The van der Waals surface area contributed by atoms with Crippen LogP contribution in [0.2, 0.25) is 0 Å². The lowest BCUT2D eigenvalue weighted by Crippen LogP contribution is -1.94. The van der Waals surface area contributed by atoms with Gasteiger partial charge < -0.3 is 14.1 Å². The number of H-pyrrole nitrogens is 1. The molecular weight excluding hydrogens is 994 g/mol. The Labute approximate surface area is 413 Å². The molecule has 0 atom stereocenters. The Balaban J connectivity index is 0.000000126. The average molecular weight is 1040 g/mol. The zero-order valence-corrected chi connectivity index (χ0v) is 39.7. The van der Waals surface area contributed by atoms with Crippen LogP contribution in [0.25, 0.3) is 87.9 Å². The Morgan fingerprint density at radius 3 is 1.34 bits per heavy atom.